The van der Waals surface area contributed by atoms with E-state index in [0.29, 0.717) is 21.8 Å². The molecular weight excluding hydrogens is 270 g/mol. The molecule has 1 amide bonds. The molecular formula is C12H16ClN3OS. The Kier molecular flexibility index (Phi) is 5.28. The summed E-state index contributed by atoms with van der Waals surface area (Å²) in [7, 11) is 0. The number of hydrogen-bond acceptors (Lipinski definition) is 4. The maximum atomic E-state index is 11.8. The van der Waals surface area contributed by atoms with E-state index in [1.807, 2.05) is 0 Å². The Hall–Kier alpha value is -0.780. The van der Waals surface area contributed by atoms with Crippen molar-refractivity contribution >= 4 is 35.1 Å². The Morgan fingerprint density at radius 3 is 3.06 bits per heavy atom. The second-order valence-electron chi connectivity index (χ2n) is 4.14. The van der Waals surface area contributed by atoms with Crippen LogP contribution in [-0.4, -0.2) is 35.0 Å². The van der Waals surface area contributed by atoms with Gasteiger partial charge in [-0.1, -0.05) is 11.6 Å². The first kappa shape index (κ1) is 13.6. The molecule has 1 saturated heterocycles. The summed E-state index contributed by atoms with van der Waals surface area (Å²) >= 11 is 7.63. The highest BCUT2D eigenvalue weighted by Gasteiger charge is 2.15. The van der Waals surface area contributed by atoms with Gasteiger partial charge in [0, 0.05) is 11.4 Å². The summed E-state index contributed by atoms with van der Waals surface area (Å²) in [5.41, 5.74) is 0. The van der Waals surface area contributed by atoms with E-state index in [4.69, 9.17) is 11.6 Å². The minimum atomic E-state index is -0.0425. The summed E-state index contributed by atoms with van der Waals surface area (Å²) in [6, 6.07) is 3.45. The van der Waals surface area contributed by atoms with Crippen LogP contribution >= 0.6 is 23.4 Å². The van der Waals surface area contributed by atoms with Crippen molar-refractivity contribution in [3.05, 3.63) is 23.4 Å². The van der Waals surface area contributed by atoms with Crippen LogP contribution in [0.5, 0.6) is 0 Å². The van der Waals surface area contributed by atoms with Crippen molar-refractivity contribution in [3.63, 3.8) is 0 Å². The van der Waals surface area contributed by atoms with Crippen molar-refractivity contribution in [1.29, 1.82) is 0 Å². The smallest absolute Gasteiger partial charge is 0.235 e. The van der Waals surface area contributed by atoms with Crippen molar-refractivity contribution in [1.82, 2.24) is 10.3 Å². The number of thioether (sulfide) groups is 1. The van der Waals surface area contributed by atoms with Crippen molar-refractivity contribution in [2.24, 2.45) is 0 Å². The number of aromatic nitrogens is 1. The van der Waals surface area contributed by atoms with Crippen LogP contribution in [0.15, 0.2) is 18.3 Å². The highest BCUT2D eigenvalue weighted by atomic mass is 35.5. The fourth-order valence-electron chi connectivity index (χ4n) is 1.80. The monoisotopic (exact) mass is 285 g/mol. The second-order valence-corrected chi connectivity index (χ2v) is 5.84. The van der Waals surface area contributed by atoms with Gasteiger partial charge in [-0.25, -0.2) is 4.98 Å². The lowest BCUT2D eigenvalue weighted by Gasteiger charge is -2.21. The van der Waals surface area contributed by atoms with E-state index in [1.54, 1.807) is 30.1 Å². The van der Waals surface area contributed by atoms with Crippen molar-refractivity contribution < 1.29 is 4.79 Å². The van der Waals surface area contributed by atoms with Gasteiger partial charge in [-0.15, -0.1) is 11.8 Å². The Balaban J connectivity index is 1.76. The third kappa shape index (κ3) is 4.15. The Morgan fingerprint density at radius 1 is 1.56 bits per heavy atom. The number of anilines is 1. The molecule has 1 aromatic rings. The molecule has 98 valence electrons. The highest BCUT2D eigenvalue weighted by molar-refractivity contribution is 8.00. The molecule has 4 nitrogen and oxygen atoms in total. The van der Waals surface area contributed by atoms with E-state index < -0.39 is 0 Å². The van der Waals surface area contributed by atoms with Crippen LogP contribution in [0.1, 0.15) is 12.8 Å². The molecule has 1 aromatic heterocycles. The van der Waals surface area contributed by atoms with Crippen LogP contribution in [0.3, 0.4) is 0 Å². The predicted octanol–water partition coefficient (Wildman–Crippen LogP) is 2.16. The van der Waals surface area contributed by atoms with Gasteiger partial charge in [0.15, 0.2) is 5.82 Å². The van der Waals surface area contributed by atoms with Gasteiger partial charge >= 0.3 is 0 Å². The first-order valence-electron chi connectivity index (χ1n) is 5.98. The van der Waals surface area contributed by atoms with Crippen LogP contribution < -0.4 is 10.6 Å². The number of hydrogen-bond donors (Lipinski definition) is 2. The summed E-state index contributed by atoms with van der Waals surface area (Å²) in [6.07, 6.45) is 3.87. The van der Waals surface area contributed by atoms with Crippen LogP contribution in [0.2, 0.25) is 5.02 Å². The Labute approximate surface area is 116 Å². The fourth-order valence-corrected chi connectivity index (χ4v) is 3.00. The van der Waals surface area contributed by atoms with Gasteiger partial charge in [0.2, 0.25) is 5.91 Å². The quantitative estimate of drug-likeness (QED) is 0.890. The molecule has 6 heteroatoms. The number of carbonyl (C=O) groups is 1. The van der Waals surface area contributed by atoms with Crippen LogP contribution in [0, 0.1) is 0 Å². The van der Waals surface area contributed by atoms with Crippen molar-refractivity contribution in [2.75, 3.05) is 24.2 Å². The average molecular weight is 286 g/mol. The van der Waals surface area contributed by atoms with E-state index in [9.17, 15) is 4.79 Å². The standard InChI is InChI=1S/C12H16ClN3OS/c13-10-2-1-5-15-12(10)16-11(17)8-18-9-3-6-14-7-4-9/h1-2,5,9,14H,3-4,6-8H2,(H,15,16,17). The van der Waals surface area contributed by atoms with E-state index in [-0.39, 0.29) is 5.91 Å². The first-order chi connectivity index (χ1) is 8.75. The summed E-state index contributed by atoms with van der Waals surface area (Å²) < 4.78 is 0. The lowest BCUT2D eigenvalue weighted by Crippen LogP contribution is -2.30. The van der Waals surface area contributed by atoms with Crippen molar-refractivity contribution in [2.45, 2.75) is 18.1 Å². The molecule has 0 saturated carbocycles. The van der Waals surface area contributed by atoms with Crippen LogP contribution in [-0.2, 0) is 4.79 Å². The number of nitrogens with one attached hydrogen (secondary N) is 2. The molecule has 0 spiro atoms. The van der Waals surface area contributed by atoms with E-state index in [1.165, 1.54) is 0 Å². The molecule has 2 heterocycles. The van der Waals surface area contributed by atoms with Gasteiger partial charge in [0.25, 0.3) is 0 Å². The number of carbonyl (C=O) groups excluding carboxylic acids is 1. The summed E-state index contributed by atoms with van der Waals surface area (Å²) in [5, 5.41) is 7.09. The van der Waals surface area contributed by atoms with Gasteiger partial charge in [-0.2, -0.15) is 0 Å². The van der Waals surface area contributed by atoms with E-state index in [2.05, 4.69) is 15.6 Å². The molecule has 1 aliphatic heterocycles. The minimum Gasteiger partial charge on any atom is -0.317 e. The molecule has 2 N–H and O–H groups in total. The molecule has 0 bridgehead atoms. The topological polar surface area (TPSA) is 54.0 Å². The van der Waals surface area contributed by atoms with Crippen LogP contribution in [0.4, 0.5) is 5.82 Å². The predicted molar refractivity (Wildman–Crippen MR) is 76.2 cm³/mol. The van der Waals surface area contributed by atoms with Gasteiger partial charge in [-0.05, 0) is 38.1 Å². The number of nitrogens with zero attached hydrogens (tertiary/aromatic N) is 1. The molecule has 18 heavy (non-hydrogen) atoms. The number of amides is 1. The average Bonchev–Trinajstić information content (AvgIpc) is 2.40. The third-order valence-electron chi connectivity index (χ3n) is 2.75. The van der Waals surface area contributed by atoms with E-state index >= 15 is 0 Å². The number of piperidine rings is 1. The fraction of sp³-hybridized carbons (Fsp3) is 0.500. The van der Waals surface area contributed by atoms with Gasteiger partial charge in [-0.3, -0.25) is 4.79 Å². The maximum absolute atomic E-state index is 11.8. The summed E-state index contributed by atoms with van der Waals surface area (Å²) in [5.74, 6) is 0.853. The Morgan fingerprint density at radius 2 is 2.33 bits per heavy atom. The van der Waals surface area contributed by atoms with E-state index in [0.717, 1.165) is 25.9 Å². The first-order valence-corrected chi connectivity index (χ1v) is 7.41. The molecule has 1 aliphatic rings. The SMILES string of the molecule is O=C(CSC1CCNCC1)Nc1ncccc1Cl. The minimum absolute atomic E-state index is 0.0425. The zero-order valence-corrected chi connectivity index (χ0v) is 11.6. The molecule has 0 unspecified atom stereocenters. The zero-order chi connectivity index (χ0) is 12.8. The normalized spacial score (nSPS) is 16.5. The van der Waals surface area contributed by atoms with Gasteiger partial charge < -0.3 is 10.6 Å². The highest BCUT2D eigenvalue weighted by Crippen LogP contribution is 2.21. The molecule has 0 aliphatic carbocycles. The Bertz CT molecular complexity index is 410. The summed E-state index contributed by atoms with van der Waals surface area (Å²) in [4.78, 5) is 15.8. The molecule has 0 atom stereocenters. The molecule has 2 rings (SSSR count). The third-order valence-corrected chi connectivity index (χ3v) is 4.43. The van der Waals surface area contributed by atoms with Crippen LogP contribution in [0.25, 0.3) is 0 Å². The number of halogens is 1. The molecule has 0 radical (unpaired) electrons. The lowest BCUT2D eigenvalue weighted by atomic mass is 10.2. The zero-order valence-electron chi connectivity index (χ0n) is 9.99. The largest absolute Gasteiger partial charge is 0.317 e. The lowest BCUT2D eigenvalue weighted by molar-refractivity contribution is -0.113. The molecule has 1 fully saturated rings. The van der Waals surface area contributed by atoms with Gasteiger partial charge in [0.1, 0.15) is 0 Å². The molecule has 0 aromatic carbocycles. The second kappa shape index (κ2) is 6.97. The van der Waals surface area contributed by atoms with Gasteiger partial charge in [0.05, 0.1) is 10.8 Å². The summed E-state index contributed by atoms with van der Waals surface area (Å²) in [6.45, 7) is 2.09. The van der Waals surface area contributed by atoms with Crippen molar-refractivity contribution in [3.8, 4) is 0 Å². The number of rotatable bonds is 4. The number of pyridine rings is 1. The maximum Gasteiger partial charge on any atom is 0.235 e.